The van der Waals surface area contributed by atoms with Crippen LogP contribution in [-0.4, -0.2) is 44.9 Å². The number of phenolic OH excluding ortho intramolecular Hbond substituents is 1. The lowest BCUT2D eigenvalue weighted by molar-refractivity contribution is -0.175. The molecule has 4 N–H and O–H groups in total. The Morgan fingerprint density at radius 3 is 2.36 bits per heavy atom. The van der Waals surface area contributed by atoms with Crippen LogP contribution < -0.4 is 5.73 Å². The first-order valence-electron chi connectivity index (χ1n) is 12.1. The number of aryl methyl sites for hydroxylation is 3. The number of carbonyl (C=O) groups is 5. The van der Waals surface area contributed by atoms with Crippen molar-refractivity contribution in [1.29, 1.82) is 0 Å². The molecular formula is C28H27NO7. The van der Waals surface area contributed by atoms with Gasteiger partial charge in [-0.1, -0.05) is 35.9 Å². The number of amides is 1. The van der Waals surface area contributed by atoms with Crippen LogP contribution in [0, 0.1) is 30.6 Å². The van der Waals surface area contributed by atoms with Gasteiger partial charge in [-0.25, -0.2) is 0 Å². The van der Waals surface area contributed by atoms with E-state index in [0.717, 1.165) is 23.1 Å². The van der Waals surface area contributed by atoms with E-state index < -0.39 is 58.3 Å². The number of Topliss-reactive ketones (excluding diaryl/α,β-unsaturated/α-hetero) is 4. The molecule has 0 spiro atoms. The minimum atomic E-state index is -2.62. The summed E-state index contributed by atoms with van der Waals surface area (Å²) in [6, 6.07) is 11.4. The van der Waals surface area contributed by atoms with Gasteiger partial charge in [0, 0.05) is 12.3 Å². The number of fused-ring (bicyclic) bond motifs is 3. The van der Waals surface area contributed by atoms with Gasteiger partial charge >= 0.3 is 0 Å². The molecular weight excluding hydrogens is 462 g/mol. The molecule has 1 amide bonds. The number of phenols is 1. The summed E-state index contributed by atoms with van der Waals surface area (Å²) in [6.45, 7) is 2.01. The molecule has 2 aromatic rings. The first kappa shape index (κ1) is 24.1. The van der Waals surface area contributed by atoms with Gasteiger partial charge < -0.3 is 15.9 Å². The lowest BCUT2D eigenvalue weighted by Crippen LogP contribution is -2.68. The summed E-state index contributed by atoms with van der Waals surface area (Å²) in [5.41, 5.74) is 6.45. The van der Waals surface area contributed by atoms with Gasteiger partial charge in [-0.3, -0.25) is 24.0 Å². The molecule has 0 saturated heterocycles. The second-order valence-electron chi connectivity index (χ2n) is 10.3. The molecule has 0 heterocycles. The first-order valence-corrected chi connectivity index (χ1v) is 12.1. The Kier molecular flexibility index (Phi) is 5.67. The highest BCUT2D eigenvalue weighted by Crippen LogP contribution is 2.50. The summed E-state index contributed by atoms with van der Waals surface area (Å²) in [4.78, 5) is 64.3. The van der Waals surface area contributed by atoms with Crippen molar-refractivity contribution in [2.75, 3.05) is 0 Å². The van der Waals surface area contributed by atoms with Gasteiger partial charge in [-0.2, -0.15) is 0 Å². The number of rotatable bonds is 4. The van der Waals surface area contributed by atoms with Crippen molar-refractivity contribution in [3.05, 3.63) is 64.2 Å². The normalized spacial score (nSPS) is 29.4. The highest BCUT2D eigenvalue weighted by molar-refractivity contribution is 6.31. The average molecular weight is 490 g/mol. The number of primary amides is 1. The minimum Gasteiger partial charge on any atom is -0.507 e. The number of aliphatic hydroxyl groups is 1. The molecule has 5 atom stereocenters. The van der Waals surface area contributed by atoms with Crippen LogP contribution >= 0.6 is 0 Å². The van der Waals surface area contributed by atoms with Crippen molar-refractivity contribution < 1.29 is 34.2 Å². The van der Waals surface area contributed by atoms with Crippen molar-refractivity contribution in [1.82, 2.24) is 0 Å². The van der Waals surface area contributed by atoms with E-state index in [9.17, 15) is 34.2 Å². The van der Waals surface area contributed by atoms with Crippen molar-refractivity contribution in [2.45, 2.75) is 44.6 Å². The summed E-state index contributed by atoms with van der Waals surface area (Å²) in [5, 5.41) is 21.8. The van der Waals surface area contributed by atoms with Crippen LogP contribution in [0.25, 0.3) is 0 Å². The van der Waals surface area contributed by atoms with E-state index >= 15 is 0 Å². The first-order chi connectivity index (χ1) is 17.0. The number of hydrogen-bond acceptors (Lipinski definition) is 7. The standard InChI is InChI=1S/C28H27NO7/c1-13-2-4-14(5-3-13)6-7-15-8-9-19(30)22-18(15)11-16-10-17-12-20(31)23(27(29)35)26(34)28(17,36)25(33)21(16)24(22)32/h2-5,8-9,16-17,21,23,30,36H,6-7,10-12H2,1H3,(H2,29,35)/t16-,17+,21?,23?,28+/m1/s1. The van der Waals surface area contributed by atoms with Crippen LogP contribution in [0.3, 0.4) is 0 Å². The second kappa shape index (κ2) is 8.48. The van der Waals surface area contributed by atoms with Crippen LogP contribution in [0.4, 0.5) is 0 Å². The molecule has 5 rings (SSSR count). The topological polar surface area (TPSA) is 152 Å². The maximum Gasteiger partial charge on any atom is 0.235 e. The number of benzene rings is 2. The Labute approximate surface area is 207 Å². The van der Waals surface area contributed by atoms with E-state index in [1.807, 2.05) is 31.2 Å². The second-order valence-corrected chi connectivity index (χ2v) is 10.3. The minimum absolute atomic E-state index is 0.0406. The summed E-state index contributed by atoms with van der Waals surface area (Å²) in [5.74, 6) is -9.89. The lowest BCUT2D eigenvalue weighted by Gasteiger charge is -2.48. The molecule has 36 heavy (non-hydrogen) atoms. The summed E-state index contributed by atoms with van der Waals surface area (Å²) in [7, 11) is 0. The Hall–Kier alpha value is -3.65. The molecule has 8 heteroatoms. The van der Waals surface area contributed by atoms with E-state index in [0.29, 0.717) is 18.4 Å². The van der Waals surface area contributed by atoms with Crippen LogP contribution in [0.15, 0.2) is 36.4 Å². The average Bonchev–Trinajstić information content (AvgIpc) is 2.81. The van der Waals surface area contributed by atoms with Gasteiger partial charge in [0.25, 0.3) is 0 Å². The number of aromatic hydroxyl groups is 1. The zero-order chi connectivity index (χ0) is 25.9. The van der Waals surface area contributed by atoms with E-state index in [1.54, 1.807) is 6.07 Å². The smallest absolute Gasteiger partial charge is 0.235 e. The number of hydrogen-bond donors (Lipinski definition) is 3. The Bertz CT molecular complexity index is 1330. The van der Waals surface area contributed by atoms with Crippen molar-refractivity contribution in [3.63, 3.8) is 0 Å². The molecule has 2 unspecified atom stereocenters. The predicted octanol–water partition coefficient (Wildman–Crippen LogP) is 1.42. The van der Waals surface area contributed by atoms with Gasteiger partial charge in [-0.15, -0.1) is 0 Å². The predicted molar refractivity (Wildman–Crippen MR) is 127 cm³/mol. The highest BCUT2D eigenvalue weighted by atomic mass is 16.3. The molecule has 0 aliphatic heterocycles. The largest absolute Gasteiger partial charge is 0.507 e. The monoisotopic (exact) mass is 489 g/mol. The summed E-state index contributed by atoms with van der Waals surface area (Å²) in [6.07, 6.45) is 1.39. The summed E-state index contributed by atoms with van der Waals surface area (Å²) < 4.78 is 0. The third kappa shape index (κ3) is 3.51. The molecule has 3 aliphatic carbocycles. The molecule has 8 nitrogen and oxygen atoms in total. The molecule has 0 bridgehead atoms. The van der Waals surface area contributed by atoms with Crippen molar-refractivity contribution >= 4 is 29.0 Å². The highest BCUT2D eigenvalue weighted by Gasteiger charge is 2.66. The zero-order valence-corrected chi connectivity index (χ0v) is 19.8. The Morgan fingerprint density at radius 1 is 1.00 bits per heavy atom. The maximum atomic E-state index is 13.6. The number of ketones is 4. The van der Waals surface area contributed by atoms with E-state index in [2.05, 4.69) is 0 Å². The number of nitrogens with two attached hydrogens (primary N) is 1. The molecule has 3 aliphatic rings. The van der Waals surface area contributed by atoms with Gasteiger partial charge in [0.2, 0.25) is 5.91 Å². The Morgan fingerprint density at radius 2 is 1.69 bits per heavy atom. The number of carbonyl (C=O) groups excluding carboxylic acids is 5. The van der Waals surface area contributed by atoms with Crippen LogP contribution in [0.1, 0.15) is 45.5 Å². The maximum absolute atomic E-state index is 13.6. The quantitative estimate of drug-likeness (QED) is 0.549. The molecule has 0 radical (unpaired) electrons. The van der Waals surface area contributed by atoms with Crippen LogP contribution in [-0.2, 0) is 38.4 Å². The third-order valence-corrected chi connectivity index (χ3v) is 8.19. The van der Waals surface area contributed by atoms with Crippen molar-refractivity contribution in [3.8, 4) is 5.75 Å². The van der Waals surface area contributed by atoms with E-state index in [4.69, 9.17) is 5.73 Å². The van der Waals surface area contributed by atoms with Gasteiger partial charge in [0.1, 0.15) is 5.75 Å². The molecule has 2 fully saturated rings. The molecule has 0 aromatic heterocycles. The molecule has 2 saturated carbocycles. The Balaban J connectivity index is 1.50. The van der Waals surface area contributed by atoms with Crippen molar-refractivity contribution in [2.24, 2.45) is 29.4 Å². The van der Waals surface area contributed by atoms with E-state index in [1.165, 1.54) is 6.07 Å². The summed E-state index contributed by atoms with van der Waals surface area (Å²) >= 11 is 0. The fourth-order valence-corrected chi connectivity index (χ4v) is 6.30. The SMILES string of the molecule is Cc1ccc(CCc2ccc(O)c3c2C[C@H]2C[C@H]4CC(=O)C(C(N)=O)C(=O)[C@@]4(O)C(=O)C2C3=O)cc1. The molecule has 186 valence electrons. The van der Waals surface area contributed by atoms with Gasteiger partial charge in [0.05, 0.1) is 11.5 Å². The molecule has 2 aromatic carbocycles. The van der Waals surface area contributed by atoms with Crippen LogP contribution in [0.2, 0.25) is 0 Å². The van der Waals surface area contributed by atoms with Gasteiger partial charge in [-0.05, 0) is 61.3 Å². The van der Waals surface area contributed by atoms with Crippen LogP contribution in [0.5, 0.6) is 5.75 Å². The zero-order valence-electron chi connectivity index (χ0n) is 19.8. The van der Waals surface area contributed by atoms with E-state index in [-0.39, 0.29) is 24.2 Å². The fraction of sp³-hybridized carbons (Fsp3) is 0.393. The third-order valence-electron chi connectivity index (χ3n) is 8.19. The van der Waals surface area contributed by atoms with Gasteiger partial charge in [0.15, 0.2) is 34.7 Å². The fourth-order valence-electron chi connectivity index (χ4n) is 6.30. The lowest BCUT2D eigenvalue weighted by atomic mass is 9.53.